The molecule has 0 bridgehead atoms. The van der Waals surface area contributed by atoms with Gasteiger partial charge in [0.05, 0.1) is 16.9 Å². The van der Waals surface area contributed by atoms with E-state index in [-0.39, 0.29) is 11.6 Å². The van der Waals surface area contributed by atoms with Gasteiger partial charge in [-0.3, -0.25) is 9.36 Å². The van der Waals surface area contributed by atoms with Gasteiger partial charge in [-0.25, -0.2) is 9.78 Å². The molecule has 1 aliphatic carbocycles. The maximum atomic E-state index is 12.0. The van der Waals surface area contributed by atoms with Crippen LogP contribution < -0.4 is 21.2 Å². The van der Waals surface area contributed by atoms with Gasteiger partial charge < -0.3 is 20.5 Å². The number of aryl methyl sites for hydroxylation is 1. The van der Waals surface area contributed by atoms with Crippen LogP contribution in [0.2, 0.25) is 0 Å². The molecule has 2 heterocycles. The number of aromatic amines is 1. The van der Waals surface area contributed by atoms with Crippen molar-refractivity contribution in [1.82, 2.24) is 25.2 Å². The fraction of sp³-hybridized carbons (Fsp3) is 0.391. The van der Waals surface area contributed by atoms with Crippen molar-refractivity contribution in [2.24, 2.45) is 7.05 Å². The fourth-order valence-electron chi connectivity index (χ4n) is 3.89. The van der Waals surface area contributed by atoms with Gasteiger partial charge in [0, 0.05) is 45.2 Å². The van der Waals surface area contributed by atoms with Crippen molar-refractivity contribution < 1.29 is 4.79 Å². The van der Waals surface area contributed by atoms with Crippen LogP contribution in [0.1, 0.15) is 34.6 Å². The summed E-state index contributed by atoms with van der Waals surface area (Å²) >= 11 is 5.37. The van der Waals surface area contributed by atoms with Crippen LogP contribution in [0.15, 0.2) is 35.1 Å². The van der Waals surface area contributed by atoms with Crippen LogP contribution in [-0.4, -0.2) is 46.6 Å². The van der Waals surface area contributed by atoms with Crippen LogP contribution in [0.4, 0.5) is 5.69 Å². The Morgan fingerprint density at radius 2 is 2.09 bits per heavy atom. The topological polar surface area (TPSA) is 95.0 Å². The van der Waals surface area contributed by atoms with Gasteiger partial charge in [0.15, 0.2) is 0 Å². The second-order valence-corrected chi connectivity index (χ2v) is 8.54. The number of hydrogen-bond acceptors (Lipinski definition) is 6. The minimum atomic E-state index is -0.209. The van der Waals surface area contributed by atoms with Crippen molar-refractivity contribution >= 4 is 34.7 Å². The van der Waals surface area contributed by atoms with Crippen molar-refractivity contribution in [3.63, 3.8) is 0 Å². The van der Waals surface area contributed by atoms with Crippen molar-refractivity contribution in [3.8, 4) is 0 Å². The van der Waals surface area contributed by atoms with E-state index in [1.54, 1.807) is 20.2 Å². The lowest BCUT2D eigenvalue weighted by molar-refractivity contribution is 0.0958. The second kappa shape index (κ2) is 9.22. The van der Waals surface area contributed by atoms with Gasteiger partial charge in [-0.2, -0.15) is 0 Å². The number of pyridine rings is 1. The Kier molecular flexibility index (Phi) is 6.38. The predicted octanol–water partition coefficient (Wildman–Crippen LogP) is 2.42. The average Bonchev–Trinajstić information content (AvgIpc) is 3.62. The van der Waals surface area contributed by atoms with Crippen LogP contribution in [0.25, 0.3) is 10.9 Å². The first kappa shape index (κ1) is 22.2. The molecule has 1 aromatic carbocycles. The average molecular weight is 453 g/mol. The van der Waals surface area contributed by atoms with Crippen molar-refractivity contribution in [2.45, 2.75) is 32.4 Å². The maximum absolute atomic E-state index is 12.0. The molecule has 3 N–H and O–H groups in total. The van der Waals surface area contributed by atoms with E-state index in [0.717, 1.165) is 40.9 Å². The molecule has 9 heteroatoms. The van der Waals surface area contributed by atoms with E-state index < -0.39 is 0 Å². The number of hydrogen-bond donors (Lipinski definition) is 3. The lowest BCUT2D eigenvalue weighted by Crippen LogP contribution is -2.34. The smallest absolute Gasteiger partial charge is 0.326 e. The molecule has 0 radical (unpaired) electrons. The quantitative estimate of drug-likeness (QED) is 0.359. The Morgan fingerprint density at radius 1 is 1.31 bits per heavy atom. The molecule has 0 spiro atoms. The molecule has 0 atom stereocenters. The molecule has 3 aromatic rings. The standard InChI is InChI=1S/C23H28N6O2S/c1-14-20(9-8-18(26-14)21(30)24-2)29(16-5-6-16)11-10-25-13-15-4-7-17-19(12-15)27-23(31)28(3)22(17)32/h4,7-9,12,16,25H,5-6,10-11,13H2,1-3H3,(H,24,30)(H,27,31). The molecule has 1 aliphatic rings. The summed E-state index contributed by atoms with van der Waals surface area (Å²) in [7, 11) is 3.28. The fourth-order valence-corrected chi connectivity index (χ4v) is 4.15. The van der Waals surface area contributed by atoms with Crippen LogP contribution in [-0.2, 0) is 13.6 Å². The molecule has 1 amide bonds. The monoisotopic (exact) mass is 452 g/mol. The van der Waals surface area contributed by atoms with E-state index in [9.17, 15) is 9.59 Å². The molecule has 0 aliphatic heterocycles. The number of aromatic nitrogens is 3. The minimum absolute atomic E-state index is 0.173. The summed E-state index contributed by atoms with van der Waals surface area (Å²) in [6.07, 6.45) is 2.35. The number of fused-ring (bicyclic) bond motifs is 1. The first-order valence-electron chi connectivity index (χ1n) is 10.8. The largest absolute Gasteiger partial charge is 0.366 e. The Balaban J connectivity index is 1.41. The van der Waals surface area contributed by atoms with E-state index >= 15 is 0 Å². The van der Waals surface area contributed by atoms with Crippen molar-refractivity contribution in [3.05, 3.63) is 62.4 Å². The number of nitrogens with one attached hydrogen (secondary N) is 3. The molecule has 1 saturated carbocycles. The van der Waals surface area contributed by atoms with Crippen LogP contribution >= 0.6 is 12.2 Å². The Bertz CT molecular complexity index is 1280. The lowest BCUT2D eigenvalue weighted by Gasteiger charge is -2.26. The van der Waals surface area contributed by atoms with Gasteiger partial charge in [0.2, 0.25) is 0 Å². The summed E-state index contributed by atoms with van der Waals surface area (Å²) in [6.45, 7) is 4.30. The molecule has 2 aromatic heterocycles. The van der Waals surface area contributed by atoms with Gasteiger partial charge >= 0.3 is 5.69 Å². The van der Waals surface area contributed by atoms with Crippen LogP contribution in [0.5, 0.6) is 0 Å². The number of anilines is 1. The summed E-state index contributed by atoms with van der Waals surface area (Å²) < 4.78 is 1.98. The maximum Gasteiger partial charge on any atom is 0.326 e. The highest BCUT2D eigenvalue weighted by Gasteiger charge is 2.30. The van der Waals surface area contributed by atoms with Crippen LogP contribution in [0, 0.1) is 11.6 Å². The van der Waals surface area contributed by atoms with E-state index in [1.807, 2.05) is 31.2 Å². The molecule has 0 unspecified atom stereocenters. The third-order valence-corrected chi connectivity index (χ3v) is 6.33. The number of carbonyl (C=O) groups excluding carboxylic acids is 1. The molecule has 0 saturated heterocycles. The molecule has 4 rings (SSSR count). The number of H-pyrrole nitrogens is 1. The normalized spacial score (nSPS) is 13.3. The highest BCUT2D eigenvalue weighted by atomic mass is 32.1. The Labute approximate surface area is 191 Å². The van der Waals surface area contributed by atoms with E-state index in [1.165, 1.54) is 17.4 Å². The predicted molar refractivity (Wildman–Crippen MR) is 129 cm³/mol. The zero-order chi connectivity index (χ0) is 22.8. The summed E-state index contributed by atoms with van der Waals surface area (Å²) in [6, 6.07) is 10.3. The zero-order valence-corrected chi connectivity index (χ0v) is 19.4. The highest BCUT2D eigenvalue weighted by molar-refractivity contribution is 7.71. The first-order chi connectivity index (χ1) is 15.4. The number of nitrogens with zero attached hydrogens (tertiary/aromatic N) is 3. The third-order valence-electron chi connectivity index (χ3n) is 5.84. The summed E-state index contributed by atoms with van der Waals surface area (Å²) in [5, 5.41) is 6.99. The van der Waals surface area contributed by atoms with Crippen LogP contribution in [0.3, 0.4) is 0 Å². The third kappa shape index (κ3) is 4.58. The van der Waals surface area contributed by atoms with Gasteiger partial charge in [-0.15, -0.1) is 0 Å². The number of carbonyl (C=O) groups is 1. The number of rotatable bonds is 8. The number of amides is 1. The highest BCUT2D eigenvalue weighted by Crippen LogP contribution is 2.32. The molecule has 168 valence electrons. The molecular weight excluding hydrogens is 424 g/mol. The van der Waals surface area contributed by atoms with E-state index in [0.29, 0.717) is 22.9 Å². The van der Waals surface area contributed by atoms with Gasteiger partial charge in [0.1, 0.15) is 10.3 Å². The number of benzene rings is 1. The summed E-state index contributed by atoms with van der Waals surface area (Å²) in [5.41, 5.74) is 4.02. The van der Waals surface area contributed by atoms with Crippen molar-refractivity contribution in [1.29, 1.82) is 0 Å². The molecule has 8 nitrogen and oxygen atoms in total. The lowest BCUT2D eigenvalue weighted by atomic mass is 10.1. The molecule has 32 heavy (non-hydrogen) atoms. The van der Waals surface area contributed by atoms with Gasteiger partial charge in [-0.1, -0.05) is 18.3 Å². The Morgan fingerprint density at radius 3 is 2.78 bits per heavy atom. The zero-order valence-electron chi connectivity index (χ0n) is 18.6. The van der Waals surface area contributed by atoms with E-state index in [2.05, 4.69) is 25.5 Å². The SMILES string of the molecule is CNC(=O)c1ccc(N(CCNCc2ccc3c(=S)n(C)c(=O)[nH]c3c2)C2CC2)c(C)n1. The summed E-state index contributed by atoms with van der Waals surface area (Å²) in [5.74, 6) is -0.173. The minimum Gasteiger partial charge on any atom is -0.366 e. The van der Waals surface area contributed by atoms with Crippen molar-refractivity contribution in [2.75, 3.05) is 25.0 Å². The second-order valence-electron chi connectivity index (χ2n) is 8.16. The Hall–Kier alpha value is -3.04. The first-order valence-corrected chi connectivity index (χ1v) is 11.2. The molecular formula is C23H28N6O2S. The van der Waals surface area contributed by atoms with Gasteiger partial charge in [0.25, 0.3) is 5.91 Å². The molecule has 1 fully saturated rings. The van der Waals surface area contributed by atoms with Gasteiger partial charge in [-0.05, 0) is 49.6 Å². The van der Waals surface area contributed by atoms with E-state index in [4.69, 9.17) is 12.2 Å². The summed E-state index contributed by atoms with van der Waals surface area (Å²) in [4.78, 5) is 33.6.